The third-order valence-electron chi connectivity index (χ3n) is 3.55. The molecule has 1 aromatic heterocycles. The van der Waals surface area contributed by atoms with Crippen LogP contribution in [0, 0.1) is 0 Å². The van der Waals surface area contributed by atoms with Gasteiger partial charge in [0.15, 0.2) is 0 Å². The molecule has 0 amide bonds. The van der Waals surface area contributed by atoms with Gasteiger partial charge >= 0.3 is 0 Å². The van der Waals surface area contributed by atoms with Crippen LogP contribution in [0.4, 0.5) is 0 Å². The number of aliphatic hydroxyl groups is 1. The van der Waals surface area contributed by atoms with Gasteiger partial charge in [0.2, 0.25) is 24.4 Å². The molecule has 0 bridgehead atoms. The summed E-state index contributed by atoms with van der Waals surface area (Å²) in [6.07, 6.45) is 4.60. The zero-order valence-corrected chi connectivity index (χ0v) is 11.9. The molecular formula is C14H23N2O3+. The molecule has 19 heavy (non-hydrogen) atoms. The van der Waals surface area contributed by atoms with Gasteiger partial charge in [-0.2, -0.15) is 0 Å². The van der Waals surface area contributed by atoms with E-state index in [-0.39, 0.29) is 5.60 Å². The predicted octanol–water partition coefficient (Wildman–Crippen LogP) is 1.35. The molecule has 1 aromatic rings. The minimum atomic E-state index is -0.868. The fourth-order valence-electron chi connectivity index (χ4n) is 2.39. The number of hydrogen-bond acceptors (Lipinski definition) is 4. The van der Waals surface area contributed by atoms with Crippen LogP contribution in [0.2, 0.25) is 0 Å². The topological polar surface area (TPSA) is 49.7 Å². The molecule has 2 heterocycles. The number of rotatable bonds is 3. The smallest absolute Gasteiger partial charge is 0.223 e. The first-order valence-corrected chi connectivity index (χ1v) is 7.05. The van der Waals surface area contributed by atoms with Crippen molar-refractivity contribution in [2.45, 2.75) is 64.6 Å². The van der Waals surface area contributed by atoms with Gasteiger partial charge in [-0.1, -0.05) is 0 Å². The Balaban J connectivity index is 1.67. The summed E-state index contributed by atoms with van der Waals surface area (Å²) >= 11 is 0. The molecule has 0 spiro atoms. The Morgan fingerprint density at radius 1 is 1.47 bits per heavy atom. The number of fused-ring (bicyclic) bond motifs is 1. The minimum Gasteiger partial charge on any atom is -0.356 e. The van der Waals surface area contributed by atoms with Crippen molar-refractivity contribution in [2.75, 3.05) is 6.54 Å². The maximum absolute atomic E-state index is 10.1. The highest BCUT2D eigenvalue weighted by Gasteiger charge is 2.38. The molecule has 1 N–H and O–H groups in total. The van der Waals surface area contributed by atoms with Gasteiger partial charge < -0.3 is 9.84 Å². The summed E-state index contributed by atoms with van der Waals surface area (Å²) in [6.45, 7) is 7.25. The Morgan fingerprint density at radius 3 is 2.84 bits per heavy atom. The molecule has 1 saturated carbocycles. The molecule has 1 unspecified atom stereocenters. The molecule has 0 saturated heterocycles. The van der Waals surface area contributed by atoms with Crippen molar-refractivity contribution in [3.05, 3.63) is 17.5 Å². The highest BCUT2D eigenvalue weighted by atomic mass is 16.6. The van der Waals surface area contributed by atoms with Gasteiger partial charge in [0.1, 0.15) is 0 Å². The first-order valence-electron chi connectivity index (χ1n) is 7.05. The Hall–Kier alpha value is -0.910. The fourth-order valence-corrected chi connectivity index (χ4v) is 2.39. The first kappa shape index (κ1) is 13.1. The average molecular weight is 267 g/mol. The molecule has 5 nitrogen and oxygen atoms in total. The number of nitrogens with zero attached hydrogens (tertiary/aromatic N) is 2. The van der Waals surface area contributed by atoms with Crippen molar-refractivity contribution in [1.82, 2.24) is 4.90 Å². The lowest BCUT2D eigenvalue weighted by molar-refractivity contribution is -0.867. The van der Waals surface area contributed by atoms with Crippen molar-refractivity contribution >= 4 is 0 Å². The lowest BCUT2D eigenvalue weighted by Crippen LogP contribution is -2.44. The van der Waals surface area contributed by atoms with Crippen LogP contribution >= 0.6 is 0 Å². The SMILES string of the molecule is CC(C)(C)OC(O)N1CCc2c[n+](C3CC3)oc2C1. The van der Waals surface area contributed by atoms with Crippen molar-refractivity contribution in [2.24, 2.45) is 0 Å². The second-order valence-corrected chi connectivity index (χ2v) is 6.54. The van der Waals surface area contributed by atoms with Crippen LogP contribution in [0.25, 0.3) is 0 Å². The summed E-state index contributed by atoms with van der Waals surface area (Å²) in [5.41, 5.74) is 0.919. The van der Waals surface area contributed by atoms with E-state index < -0.39 is 6.41 Å². The highest BCUT2D eigenvalue weighted by Crippen LogP contribution is 2.30. The molecule has 3 rings (SSSR count). The number of aliphatic hydroxyl groups excluding tert-OH is 1. The van der Waals surface area contributed by atoms with Crippen LogP contribution in [0.1, 0.15) is 51.0 Å². The van der Waals surface area contributed by atoms with E-state index in [1.54, 1.807) is 0 Å². The normalized spacial score (nSPS) is 22.3. The van der Waals surface area contributed by atoms with Gasteiger partial charge in [-0.05, 0) is 31.9 Å². The molecule has 5 heteroatoms. The molecular weight excluding hydrogens is 244 g/mol. The maximum atomic E-state index is 10.1. The van der Waals surface area contributed by atoms with E-state index >= 15 is 0 Å². The lowest BCUT2D eigenvalue weighted by Gasteiger charge is -2.33. The van der Waals surface area contributed by atoms with Crippen LogP contribution in [0.5, 0.6) is 0 Å². The summed E-state index contributed by atoms with van der Waals surface area (Å²) in [7, 11) is 0. The van der Waals surface area contributed by atoms with E-state index in [4.69, 9.17) is 9.26 Å². The van der Waals surface area contributed by atoms with Gasteiger partial charge in [0, 0.05) is 19.4 Å². The first-order chi connectivity index (χ1) is 8.92. The van der Waals surface area contributed by atoms with Crippen LogP contribution in [-0.4, -0.2) is 28.6 Å². The number of aromatic nitrogens is 1. The average Bonchev–Trinajstić information content (AvgIpc) is 3.06. The maximum Gasteiger partial charge on any atom is 0.223 e. The van der Waals surface area contributed by atoms with E-state index in [1.165, 1.54) is 18.4 Å². The summed E-state index contributed by atoms with van der Waals surface area (Å²) in [5, 5.41) is 10.1. The van der Waals surface area contributed by atoms with Crippen LogP contribution in [0.3, 0.4) is 0 Å². The third-order valence-corrected chi connectivity index (χ3v) is 3.55. The molecule has 106 valence electrons. The largest absolute Gasteiger partial charge is 0.356 e. The van der Waals surface area contributed by atoms with Gasteiger partial charge in [-0.15, -0.1) is 0 Å². The Bertz CT molecular complexity index is 460. The monoisotopic (exact) mass is 267 g/mol. The van der Waals surface area contributed by atoms with Crippen molar-refractivity contribution < 1.29 is 19.1 Å². The van der Waals surface area contributed by atoms with E-state index in [1.807, 2.05) is 30.4 Å². The van der Waals surface area contributed by atoms with Crippen molar-refractivity contribution in [3.63, 3.8) is 0 Å². The summed E-state index contributed by atoms with van der Waals surface area (Å²) < 4.78 is 13.4. The summed E-state index contributed by atoms with van der Waals surface area (Å²) in [4.78, 5) is 1.91. The van der Waals surface area contributed by atoms with Gasteiger partial charge in [0.25, 0.3) is 0 Å². The standard InChI is InChI=1S/C14H23N2O3/c1-14(2,3)18-13(17)15-7-6-10-8-16(11-4-5-11)19-12(10)9-15/h8,11,13,17H,4-7,9H2,1-3H3/q+1. The highest BCUT2D eigenvalue weighted by molar-refractivity contribution is 5.14. The van der Waals surface area contributed by atoms with Crippen LogP contribution in [-0.2, 0) is 17.7 Å². The lowest BCUT2D eigenvalue weighted by atomic mass is 10.1. The van der Waals surface area contributed by atoms with E-state index in [0.29, 0.717) is 12.6 Å². The number of hydrogen-bond donors (Lipinski definition) is 1. The van der Waals surface area contributed by atoms with E-state index in [2.05, 4.69) is 6.20 Å². The Labute approximate surface area is 113 Å². The van der Waals surface area contributed by atoms with Crippen LogP contribution in [0.15, 0.2) is 10.7 Å². The Morgan fingerprint density at radius 2 is 2.21 bits per heavy atom. The quantitative estimate of drug-likeness (QED) is 0.663. The Kier molecular flexibility index (Phi) is 3.15. The minimum absolute atomic E-state index is 0.350. The zero-order valence-electron chi connectivity index (χ0n) is 11.9. The zero-order chi connectivity index (χ0) is 13.6. The predicted molar refractivity (Wildman–Crippen MR) is 68.1 cm³/mol. The van der Waals surface area contributed by atoms with Gasteiger partial charge in [0.05, 0.1) is 17.7 Å². The van der Waals surface area contributed by atoms with E-state index in [9.17, 15) is 5.11 Å². The second kappa shape index (κ2) is 4.58. The molecule has 0 radical (unpaired) electrons. The molecule has 1 aliphatic carbocycles. The van der Waals surface area contributed by atoms with Crippen molar-refractivity contribution in [3.8, 4) is 0 Å². The third kappa shape index (κ3) is 2.99. The molecule has 1 fully saturated rings. The number of ether oxygens (including phenoxy) is 1. The molecule has 1 atom stereocenters. The molecule has 2 aliphatic rings. The van der Waals surface area contributed by atoms with Gasteiger partial charge in [-0.3, -0.25) is 0 Å². The summed E-state index contributed by atoms with van der Waals surface area (Å²) in [5.74, 6) is 0.967. The van der Waals surface area contributed by atoms with E-state index in [0.717, 1.165) is 18.7 Å². The van der Waals surface area contributed by atoms with Crippen molar-refractivity contribution in [1.29, 1.82) is 0 Å². The summed E-state index contributed by atoms with van der Waals surface area (Å²) in [6, 6.07) is 0.565. The van der Waals surface area contributed by atoms with Crippen LogP contribution < -0.4 is 4.74 Å². The fraction of sp³-hybridized carbons (Fsp3) is 0.786. The van der Waals surface area contributed by atoms with Gasteiger partial charge in [-0.25, -0.2) is 9.42 Å². The molecule has 0 aromatic carbocycles. The molecule has 1 aliphatic heterocycles. The second-order valence-electron chi connectivity index (χ2n) is 6.54.